The Morgan fingerprint density at radius 3 is 2.56 bits per heavy atom. The Hall–Kier alpha value is -1.73. The molecule has 0 atom stereocenters. The molecular weight excluding hydrogens is 194 g/mol. The molecule has 0 aliphatic carbocycles. The van der Waals surface area contributed by atoms with Crippen LogP contribution in [-0.2, 0) is 6.42 Å². The van der Waals surface area contributed by atoms with Crippen molar-refractivity contribution >= 4 is 0 Å². The van der Waals surface area contributed by atoms with Crippen molar-refractivity contribution in [2.45, 2.75) is 39.0 Å². The van der Waals surface area contributed by atoms with Crippen LogP contribution in [0.4, 0.5) is 0 Å². The molecule has 0 bridgehead atoms. The standard InChI is InChI=1S/C15H17N/c1-4-7-8-9-10-15-13(5-2)11-12-14(6-3)16-15/h2-3,11-12H,4,7-10H2,1H3. The summed E-state index contributed by atoms with van der Waals surface area (Å²) in [6.07, 6.45) is 16.5. The number of aryl methyl sites for hydroxylation is 1. The van der Waals surface area contributed by atoms with Crippen LogP contribution >= 0.6 is 0 Å². The molecule has 82 valence electrons. The van der Waals surface area contributed by atoms with Gasteiger partial charge in [-0.05, 0) is 25.0 Å². The van der Waals surface area contributed by atoms with Crippen molar-refractivity contribution in [2.75, 3.05) is 0 Å². The first-order valence-electron chi connectivity index (χ1n) is 5.75. The molecule has 0 radical (unpaired) electrons. The Kier molecular flexibility index (Phi) is 5.17. The first-order chi connectivity index (χ1) is 7.81. The summed E-state index contributed by atoms with van der Waals surface area (Å²) in [6.45, 7) is 2.20. The van der Waals surface area contributed by atoms with Gasteiger partial charge in [-0.1, -0.05) is 38.0 Å². The Morgan fingerprint density at radius 2 is 1.94 bits per heavy atom. The van der Waals surface area contributed by atoms with Gasteiger partial charge in [-0.2, -0.15) is 0 Å². The van der Waals surface area contributed by atoms with Gasteiger partial charge in [0.25, 0.3) is 0 Å². The van der Waals surface area contributed by atoms with Gasteiger partial charge in [0.15, 0.2) is 0 Å². The molecule has 0 aromatic carbocycles. The van der Waals surface area contributed by atoms with Crippen LogP contribution in [0.5, 0.6) is 0 Å². The van der Waals surface area contributed by atoms with Crippen LogP contribution in [0.1, 0.15) is 49.6 Å². The van der Waals surface area contributed by atoms with Crippen molar-refractivity contribution in [2.24, 2.45) is 0 Å². The molecule has 16 heavy (non-hydrogen) atoms. The van der Waals surface area contributed by atoms with E-state index in [1.807, 2.05) is 6.07 Å². The lowest BCUT2D eigenvalue weighted by Crippen LogP contribution is -1.97. The van der Waals surface area contributed by atoms with Crippen LogP contribution < -0.4 is 0 Å². The zero-order chi connectivity index (χ0) is 11.8. The van der Waals surface area contributed by atoms with Crippen LogP contribution in [0.3, 0.4) is 0 Å². The van der Waals surface area contributed by atoms with Crippen molar-refractivity contribution in [1.29, 1.82) is 0 Å². The lowest BCUT2D eigenvalue weighted by atomic mass is 10.1. The van der Waals surface area contributed by atoms with Crippen molar-refractivity contribution in [3.63, 3.8) is 0 Å². The number of terminal acetylenes is 2. The minimum atomic E-state index is 0.671. The molecule has 0 aliphatic heterocycles. The second-order valence-corrected chi connectivity index (χ2v) is 3.79. The zero-order valence-corrected chi connectivity index (χ0v) is 9.79. The molecule has 1 heteroatoms. The fourth-order valence-electron chi connectivity index (χ4n) is 1.62. The molecule has 1 heterocycles. The molecule has 0 fully saturated rings. The summed E-state index contributed by atoms with van der Waals surface area (Å²) in [6, 6.07) is 3.68. The van der Waals surface area contributed by atoms with Gasteiger partial charge in [0.2, 0.25) is 0 Å². The minimum absolute atomic E-state index is 0.671. The lowest BCUT2D eigenvalue weighted by Gasteiger charge is -2.04. The number of unbranched alkanes of at least 4 members (excludes halogenated alkanes) is 3. The number of hydrogen-bond acceptors (Lipinski definition) is 1. The third kappa shape index (κ3) is 3.44. The summed E-state index contributed by atoms with van der Waals surface area (Å²) in [7, 11) is 0. The van der Waals surface area contributed by atoms with Crippen molar-refractivity contribution in [1.82, 2.24) is 4.98 Å². The third-order valence-electron chi connectivity index (χ3n) is 2.54. The second-order valence-electron chi connectivity index (χ2n) is 3.79. The highest BCUT2D eigenvalue weighted by Crippen LogP contribution is 2.11. The van der Waals surface area contributed by atoms with Gasteiger partial charge in [-0.3, -0.25) is 0 Å². The van der Waals surface area contributed by atoms with Gasteiger partial charge in [0.05, 0.1) is 5.69 Å². The summed E-state index contributed by atoms with van der Waals surface area (Å²) >= 11 is 0. The van der Waals surface area contributed by atoms with Crippen molar-refractivity contribution in [3.05, 3.63) is 29.1 Å². The summed E-state index contributed by atoms with van der Waals surface area (Å²) in [5, 5.41) is 0. The molecule has 1 rings (SSSR count). The summed E-state index contributed by atoms with van der Waals surface area (Å²) < 4.78 is 0. The van der Waals surface area contributed by atoms with E-state index in [0.717, 1.165) is 24.1 Å². The summed E-state index contributed by atoms with van der Waals surface area (Å²) in [5.41, 5.74) is 2.51. The largest absolute Gasteiger partial charge is 0.243 e. The monoisotopic (exact) mass is 211 g/mol. The topological polar surface area (TPSA) is 12.9 Å². The summed E-state index contributed by atoms with van der Waals surface area (Å²) in [4.78, 5) is 4.38. The first-order valence-corrected chi connectivity index (χ1v) is 5.75. The Bertz CT molecular complexity index is 418. The molecule has 0 saturated heterocycles. The van der Waals surface area contributed by atoms with Gasteiger partial charge in [-0.25, -0.2) is 4.98 Å². The quantitative estimate of drug-likeness (QED) is 0.538. The van der Waals surface area contributed by atoms with Crippen LogP contribution in [0.2, 0.25) is 0 Å². The Balaban J connectivity index is 2.70. The van der Waals surface area contributed by atoms with Crippen LogP contribution in [0.15, 0.2) is 12.1 Å². The highest BCUT2D eigenvalue weighted by Gasteiger charge is 2.02. The maximum atomic E-state index is 5.43. The van der Waals surface area contributed by atoms with Gasteiger partial charge in [0, 0.05) is 5.56 Å². The fourth-order valence-corrected chi connectivity index (χ4v) is 1.62. The molecule has 0 aliphatic rings. The molecule has 0 saturated carbocycles. The molecular formula is C15H17N. The van der Waals surface area contributed by atoms with Gasteiger partial charge in [0.1, 0.15) is 5.69 Å². The highest BCUT2D eigenvalue weighted by atomic mass is 14.7. The van der Waals surface area contributed by atoms with Crippen LogP contribution in [0.25, 0.3) is 0 Å². The highest BCUT2D eigenvalue weighted by molar-refractivity contribution is 5.39. The van der Waals surface area contributed by atoms with Crippen molar-refractivity contribution < 1.29 is 0 Å². The van der Waals surface area contributed by atoms with Crippen molar-refractivity contribution in [3.8, 4) is 24.7 Å². The lowest BCUT2D eigenvalue weighted by molar-refractivity contribution is 0.660. The SMILES string of the molecule is C#Cc1ccc(C#C)c(CCCCCC)n1. The normalized spacial score (nSPS) is 9.44. The van der Waals surface area contributed by atoms with E-state index in [1.165, 1.54) is 19.3 Å². The molecule has 0 N–H and O–H groups in total. The van der Waals surface area contributed by atoms with Gasteiger partial charge in [-0.15, -0.1) is 12.8 Å². The van der Waals surface area contributed by atoms with E-state index in [4.69, 9.17) is 12.8 Å². The molecule has 0 spiro atoms. The van der Waals surface area contributed by atoms with E-state index < -0.39 is 0 Å². The van der Waals surface area contributed by atoms with Crippen LogP contribution in [0, 0.1) is 24.7 Å². The molecule has 1 nitrogen and oxygen atoms in total. The average molecular weight is 211 g/mol. The average Bonchev–Trinajstić information content (AvgIpc) is 2.34. The molecule has 1 aromatic rings. The summed E-state index contributed by atoms with van der Waals surface area (Å²) in [5.74, 6) is 5.20. The van der Waals surface area contributed by atoms with Gasteiger partial charge >= 0.3 is 0 Å². The third-order valence-corrected chi connectivity index (χ3v) is 2.54. The fraction of sp³-hybridized carbons (Fsp3) is 0.400. The Labute approximate surface area is 98.3 Å². The zero-order valence-electron chi connectivity index (χ0n) is 9.79. The number of nitrogens with zero attached hydrogens (tertiary/aromatic N) is 1. The van der Waals surface area contributed by atoms with E-state index in [1.54, 1.807) is 6.07 Å². The maximum absolute atomic E-state index is 5.43. The smallest absolute Gasteiger partial charge is 0.113 e. The van der Waals surface area contributed by atoms with E-state index in [2.05, 4.69) is 23.7 Å². The number of hydrogen-bond donors (Lipinski definition) is 0. The van der Waals surface area contributed by atoms with Crippen LogP contribution in [-0.4, -0.2) is 4.98 Å². The minimum Gasteiger partial charge on any atom is -0.243 e. The van der Waals surface area contributed by atoms with E-state index in [9.17, 15) is 0 Å². The first kappa shape index (κ1) is 12.3. The maximum Gasteiger partial charge on any atom is 0.113 e. The van der Waals surface area contributed by atoms with E-state index >= 15 is 0 Å². The molecule has 1 aromatic heterocycles. The predicted molar refractivity (Wildman–Crippen MR) is 68.0 cm³/mol. The number of pyridine rings is 1. The van der Waals surface area contributed by atoms with E-state index in [-0.39, 0.29) is 0 Å². The Morgan fingerprint density at radius 1 is 1.12 bits per heavy atom. The molecule has 0 unspecified atom stereocenters. The number of aromatic nitrogens is 1. The number of rotatable bonds is 5. The second kappa shape index (κ2) is 6.70. The van der Waals surface area contributed by atoms with Gasteiger partial charge < -0.3 is 0 Å². The van der Waals surface area contributed by atoms with E-state index in [0.29, 0.717) is 5.69 Å². The predicted octanol–water partition coefficient (Wildman–Crippen LogP) is 3.17. The molecule has 0 amide bonds.